The molecule has 1 aromatic heterocycles. The predicted molar refractivity (Wildman–Crippen MR) is 102 cm³/mol. The van der Waals surface area contributed by atoms with Gasteiger partial charge < -0.3 is 15.2 Å². The molecule has 0 aliphatic carbocycles. The minimum absolute atomic E-state index is 0.108. The van der Waals surface area contributed by atoms with Crippen LogP contribution in [0.15, 0.2) is 58.4 Å². The minimum Gasteiger partial charge on any atom is -0.507 e. The first-order valence-corrected chi connectivity index (χ1v) is 8.05. The summed E-state index contributed by atoms with van der Waals surface area (Å²) < 4.78 is 0. The van der Waals surface area contributed by atoms with Crippen molar-refractivity contribution in [1.82, 2.24) is 15.4 Å². The van der Waals surface area contributed by atoms with Crippen LogP contribution in [0.3, 0.4) is 0 Å². The molecule has 1 amide bonds. The third-order valence-corrected chi connectivity index (χ3v) is 3.75. The van der Waals surface area contributed by atoms with E-state index in [9.17, 15) is 29.9 Å². The van der Waals surface area contributed by atoms with Crippen LogP contribution in [0.4, 0.5) is 5.69 Å². The van der Waals surface area contributed by atoms with Crippen LogP contribution in [0, 0.1) is 10.1 Å². The van der Waals surface area contributed by atoms with Gasteiger partial charge in [-0.1, -0.05) is 30.3 Å². The van der Waals surface area contributed by atoms with Crippen LogP contribution >= 0.6 is 0 Å². The number of aromatic amines is 1. The molecule has 0 aliphatic rings. The summed E-state index contributed by atoms with van der Waals surface area (Å²) in [6, 6.07) is 11.8. The lowest BCUT2D eigenvalue weighted by Crippen LogP contribution is -2.24. The van der Waals surface area contributed by atoms with Gasteiger partial charge in [0.25, 0.3) is 5.91 Å². The second kappa shape index (κ2) is 8.00. The monoisotopic (exact) mass is 395 g/mol. The zero-order chi connectivity index (χ0) is 21.0. The molecule has 0 bridgehead atoms. The number of hydrazone groups is 1. The van der Waals surface area contributed by atoms with Crippen molar-refractivity contribution in [3.63, 3.8) is 0 Å². The lowest BCUT2D eigenvalue weighted by Gasteiger charge is -2.04. The maximum atomic E-state index is 12.3. The fourth-order valence-corrected chi connectivity index (χ4v) is 2.39. The number of nitrogens with one attached hydrogen (secondary N) is 2. The van der Waals surface area contributed by atoms with Crippen LogP contribution in [0.2, 0.25) is 0 Å². The molecule has 0 saturated carbocycles. The predicted octanol–water partition coefficient (Wildman–Crippen LogP) is 1.52. The van der Waals surface area contributed by atoms with E-state index in [2.05, 4.69) is 20.5 Å². The normalized spacial score (nSPS) is 10.8. The van der Waals surface area contributed by atoms with E-state index in [1.165, 1.54) is 6.07 Å². The molecule has 4 N–H and O–H groups in total. The Balaban J connectivity index is 1.81. The number of nitro groups is 1. The van der Waals surface area contributed by atoms with Crippen LogP contribution in [-0.2, 0) is 0 Å². The van der Waals surface area contributed by atoms with Crippen molar-refractivity contribution in [3.8, 4) is 22.8 Å². The summed E-state index contributed by atoms with van der Waals surface area (Å²) in [7, 11) is 0. The number of H-pyrrole nitrogens is 1. The fourth-order valence-electron chi connectivity index (χ4n) is 2.39. The number of nitro benzene ring substituents is 1. The second-order valence-electron chi connectivity index (χ2n) is 5.71. The van der Waals surface area contributed by atoms with Gasteiger partial charge in [-0.15, -0.1) is 0 Å². The highest BCUT2D eigenvalue weighted by molar-refractivity contribution is 5.94. The molecule has 11 nitrogen and oxygen atoms in total. The molecule has 0 fully saturated rings. The lowest BCUT2D eigenvalue weighted by atomic mass is 10.1. The Bertz CT molecular complexity index is 1170. The summed E-state index contributed by atoms with van der Waals surface area (Å²) in [5, 5.41) is 33.6. The second-order valence-corrected chi connectivity index (χ2v) is 5.71. The third-order valence-electron chi connectivity index (χ3n) is 3.75. The van der Waals surface area contributed by atoms with E-state index < -0.39 is 33.7 Å². The van der Waals surface area contributed by atoms with Crippen molar-refractivity contribution in [1.29, 1.82) is 0 Å². The van der Waals surface area contributed by atoms with Gasteiger partial charge in [0.2, 0.25) is 0 Å². The van der Waals surface area contributed by atoms with Crippen LogP contribution in [0.5, 0.6) is 11.5 Å². The molecule has 0 unspecified atom stereocenters. The van der Waals surface area contributed by atoms with Gasteiger partial charge in [-0.2, -0.15) is 10.1 Å². The Labute approximate surface area is 162 Å². The summed E-state index contributed by atoms with van der Waals surface area (Å²) in [4.78, 5) is 40.1. The molecular weight excluding hydrogens is 382 g/mol. The average molecular weight is 395 g/mol. The van der Waals surface area contributed by atoms with Gasteiger partial charge in [0.05, 0.1) is 16.8 Å². The SMILES string of the molecule is O=C(N/N=C/c1cc([N+](=O)[O-])c(O)cc1O)c1cc(-c2ccccc2)nc(=O)[nH]1. The summed E-state index contributed by atoms with van der Waals surface area (Å²) >= 11 is 0. The molecule has 146 valence electrons. The number of carbonyl (C=O) groups excluding carboxylic acids is 1. The van der Waals surface area contributed by atoms with E-state index in [4.69, 9.17) is 0 Å². The van der Waals surface area contributed by atoms with Crippen molar-refractivity contribution in [2.75, 3.05) is 0 Å². The number of phenolic OH excluding ortho intramolecular Hbond substituents is 2. The number of carbonyl (C=O) groups is 1. The average Bonchev–Trinajstić information content (AvgIpc) is 2.69. The Morgan fingerprint density at radius 2 is 1.90 bits per heavy atom. The summed E-state index contributed by atoms with van der Waals surface area (Å²) in [5.74, 6) is -1.96. The highest BCUT2D eigenvalue weighted by Gasteiger charge is 2.17. The van der Waals surface area contributed by atoms with Gasteiger partial charge in [-0.3, -0.25) is 14.9 Å². The standard InChI is InChI=1S/C18H13N5O6/c24-15-8-16(25)14(23(28)29)6-11(15)9-19-22-17(26)13-7-12(20-18(27)21-13)10-4-2-1-3-5-10/h1-9,24-25H,(H,22,26)(H,20,21,27)/b19-9+. The van der Waals surface area contributed by atoms with Gasteiger partial charge in [0.15, 0.2) is 5.75 Å². The van der Waals surface area contributed by atoms with Crippen molar-refractivity contribution >= 4 is 17.8 Å². The molecule has 2 aromatic carbocycles. The maximum Gasteiger partial charge on any atom is 0.346 e. The van der Waals surface area contributed by atoms with Crippen molar-refractivity contribution in [2.24, 2.45) is 5.10 Å². The first kappa shape index (κ1) is 19.2. The number of rotatable bonds is 5. The van der Waals surface area contributed by atoms with Gasteiger partial charge in [0.1, 0.15) is 11.4 Å². The zero-order valence-electron chi connectivity index (χ0n) is 14.6. The molecule has 0 aliphatic heterocycles. The first-order chi connectivity index (χ1) is 13.8. The van der Waals surface area contributed by atoms with Gasteiger partial charge >= 0.3 is 11.4 Å². The lowest BCUT2D eigenvalue weighted by molar-refractivity contribution is -0.385. The molecule has 3 aromatic rings. The molecule has 29 heavy (non-hydrogen) atoms. The molecule has 3 rings (SSSR count). The van der Waals surface area contributed by atoms with Gasteiger partial charge in [0, 0.05) is 23.3 Å². The number of benzene rings is 2. The first-order valence-electron chi connectivity index (χ1n) is 8.05. The van der Waals surface area contributed by atoms with E-state index >= 15 is 0 Å². The van der Waals surface area contributed by atoms with Gasteiger partial charge in [-0.05, 0) is 6.07 Å². The molecule has 1 heterocycles. The Morgan fingerprint density at radius 1 is 1.17 bits per heavy atom. The summed E-state index contributed by atoms with van der Waals surface area (Å²) in [6.07, 6.45) is 0.955. The largest absolute Gasteiger partial charge is 0.507 e. The van der Waals surface area contributed by atoms with E-state index in [-0.39, 0.29) is 17.0 Å². The highest BCUT2D eigenvalue weighted by atomic mass is 16.6. The Kier molecular flexibility index (Phi) is 5.30. The molecule has 0 spiro atoms. The summed E-state index contributed by atoms with van der Waals surface area (Å²) in [5.41, 5.74) is 1.47. The fraction of sp³-hybridized carbons (Fsp3) is 0. The smallest absolute Gasteiger partial charge is 0.346 e. The maximum absolute atomic E-state index is 12.3. The minimum atomic E-state index is -0.836. The Morgan fingerprint density at radius 3 is 2.59 bits per heavy atom. The molecule has 0 atom stereocenters. The van der Waals surface area contributed by atoms with E-state index in [1.54, 1.807) is 30.3 Å². The number of aromatic hydroxyl groups is 2. The number of hydrogen-bond donors (Lipinski definition) is 4. The van der Waals surface area contributed by atoms with E-state index in [1.807, 2.05) is 0 Å². The zero-order valence-corrected chi connectivity index (χ0v) is 14.6. The number of hydrogen-bond acceptors (Lipinski definition) is 8. The molecular formula is C18H13N5O6. The van der Waals surface area contributed by atoms with Crippen LogP contribution in [-0.4, -0.2) is 37.2 Å². The molecule has 0 radical (unpaired) electrons. The van der Waals surface area contributed by atoms with Crippen molar-refractivity contribution in [2.45, 2.75) is 0 Å². The quantitative estimate of drug-likeness (QED) is 0.288. The van der Waals surface area contributed by atoms with E-state index in [0.717, 1.165) is 18.3 Å². The number of amides is 1. The van der Waals surface area contributed by atoms with Crippen molar-refractivity contribution in [3.05, 3.63) is 80.4 Å². The van der Waals surface area contributed by atoms with E-state index in [0.29, 0.717) is 5.56 Å². The highest BCUT2D eigenvalue weighted by Crippen LogP contribution is 2.31. The van der Waals surface area contributed by atoms with Crippen molar-refractivity contribution < 1.29 is 19.9 Å². The Hall–Kier alpha value is -4.54. The third kappa shape index (κ3) is 4.42. The van der Waals surface area contributed by atoms with Crippen LogP contribution in [0.25, 0.3) is 11.3 Å². The number of phenols is 2. The number of nitrogens with zero attached hydrogens (tertiary/aromatic N) is 3. The van der Waals surface area contributed by atoms with Crippen LogP contribution < -0.4 is 11.1 Å². The summed E-state index contributed by atoms with van der Waals surface area (Å²) in [6.45, 7) is 0. The topological polar surface area (TPSA) is 171 Å². The molecule has 0 saturated heterocycles. The van der Waals surface area contributed by atoms with Crippen LogP contribution in [0.1, 0.15) is 16.1 Å². The molecule has 11 heteroatoms. The van der Waals surface area contributed by atoms with Gasteiger partial charge in [-0.25, -0.2) is 10.2 Å². The number of aromatic nitrogens is 2.